The number of carboxylic acid groups (broad SMARTS) is 1. The highest BCUT2D eigenvalue weighted by atomic mass is 16.4. The van der Waals surface area contributed by atoms with Gasteiger partial charge in [0.2, 0.25) is 0 Å². The smallest absolute Gasteiger partial charge is 0.323 e. The summed E-state index contributed by atoms with van der Waals surface area (Å²) in [6, 6.07) is 7.97. The molecule has 134 valence electrons. The topological polar surface area (TPSA) is 88.3 Å². The van der Waals surface area contributed by atoms with E-state index in [0.29, 0.717) is 18.0 Å². The number of aliphatic carboxylic acids is 1. The molecule has 2 aromatic rings. The highest BCUT2D eigenvalue weighted by Gasteiger charge is 2.24. The summed E-state index contributed by atoms with van der Waals surface area (Å²) in [5.41, 5.74) is 2.93. The van der Waals surface area contributed by atoms with E-state index >= 15 is 0 Å². The third-order valence-electron chi connectivity index (χ3n) is 3.95. The molecule has 1 N–H and O–H groups in total. The summed E-state index contributed by atoms with van der Waals surface area (Å²) >= 11 is 0. The number of carbonyl (C=O) groups is 2. The first-order chi connectivity index (χ1) is 11.8. The van der Waals surface area contributed by atoms with Gasteiger partial charge in [0.1, 0.15) is 6.54 Å². The molecule has 0 bridgehead atoms. The lowest BCUT2D eigenvalue weighted by molar-refractivity contribution is -0.137. The standard InChI is InChI=1S/C18H24N4O3/c1-5-7-15-17(18(25)21(4)11-16(23)24)19-20-22(15)14-9-6-8-13(10-14)12(2)3/h6,8-10,12H,5,7,11H2,1-4H3,(H,23,24). The predicted octanol–water partition coefficient (Wildman–Crippen LogP) is 2.50. The molecular weight excluding hydrogens is 320 g/mol. The maximum Gasteiger partial charge on any atom is 0.323 e. The molecule has 1 aromatic carbocycles. The van der Waals surface area contributed by atoms with Crippen LogP contribution in [0.2, 0.25) is 0 Å². The summed E-state index contributed by atoms with van der Waals surface area (Å²) < 4.78 is 1.68. The quantitative estimate of drug-likeness (QED) is 0.834. The van der Waals surface area contributed by atoms with Crippen molar-refractivity contribution in [1.82, 2.24) is 19.9 Å². The first-order valence-electron chi connectivity index (χ1n) is 8.37. The second kappa shape index (κ2) is 7.92. The first kappa shape index (κ1) is 18.6. The Hall–Kier alpha value is -2.70. The molecule has 1 aromatic heterocycles. The minimum absolute atomic E-state index is 0.209. The van der Waals surface area contributed by atoms with Gasteiger partial charge in [-0.05, 0) is 30.0 Å². The molecule has 0 atom stereocenters. The van der Waals surface area contributed by atoms with Crippen LogP contribution < -0.4 is 0 Å². The Morgan fingerprint density at radius 3 is 2.64 bits per heavy atom. The third kappa shape index (κ3) is 4.23. The minimum atomic E-state index is -1.06. The van der Waals surface area contributed by atoms with Crippen molar-refractivity contribution in [3.63, 3.8) is 0 Å². The number of aromatic nitrogens is 3. The van der Waals surface area contributed by atoms with E-state index in [1.807, 2.05) is 25.1 Å². The summed E-state index contributed by atoms with van der Waals surface area (Å²) in [6.45, 7) is 5.86. The molecule has 0 unspecified atom stereocenters. The molecule has 0 spiro atoms. The Labute approximate surface area is 147 Å². The summed E-state index contributed by atoms with van der Waals surface area (Å²) in [5, 5.41) is 17.1. The van der Waals surface area contributed by atoms with Crippen LogP contribution in [-0.2, 0) is 11.2 Å². The highest BCUT2D eigenvalue weighted by Crippen LogP contribution is 2.21. The molecule has 0 aliphatic carbocycles. The van der Waals surface area contributed by atoms with Crippen LogP contribution in [0.25, 0.3) is 5.69 Å². The maximum absolute atomic E-state index is 12.5. The average Bonchev–Trinajstić information content (AvgIpc) is 2.97. The number of rotatable bonds is 7. The van der Waals surface area contributed by atoms with Crippen molar-refractivity contribution in [2.75, 3.05) is 13.6 Å². The summed E-state index contributed by atoms with van der Waals surface area (Å²) in [5.74, 6) is -1.12. The zero-order valence-electron chi connectivity index (χ0n) is 15.1. The van der Waals surface area contributed by atoms with Crippen LogP contribution >= 0.6 is 0 Å². The van der Waals surface area contributed by atoms with Gasteiger partial charge in [-0.2, -0.15) is 0 Å². The van der Waals surface area contributed by atoms with Gasteiger partial charge in [-0.15, -0.1) is 5.10 Å². The second-order valence-electron chi connectivity index (χ2n) is 6.35. The molecule has 0 fully saturated rings. The molecule has 7 nitrogen and oxygen atoms in total. The fourth-order valence-electron chi connectivity index (χ4n) is 2.61. The molecule has 7 heteroatoms. The average molecular weight is 344 g/mol. The Morgan fingerprint density at radius 2 is 2.04 bits per heavy atom. The number of hydrogen-bond donors (Lipinski definition) is 1. The minimum Gasteiger partial charge on any atom is -0.480 e. The van der Waals surface area contributed by atoms with Crippen LogP contribution in [-0.4, -0.2) is 50.5 Å². The van der Waals surface area contributed by atoms with Crippen LogP contribution in [0.5, 0.6) is 0 Å². The van der Waals surface area contributed by atoms with E-state index in [-0.39, 0.29) is 12.2 Å². The van der Waals surface area contributed by atoms with Crippen molar-refractivity contribution in [3.8, 4) is 5.69 Å². The normalized spacial score (nSPS) is 10.9. The largest absolute Gasteiger partial charge is 0.480 e. The monoisotopic (exact) mass is 344 g/mol. The van der Waals surface area contributed by atoms with E-state index < -0.39 is 11.9 Å². The van der Waals surface area contributed by atoms with E-state index in [9.17, 15) is 9.59 Å². The maximum atomic E-state index is 12.5. The van der Waals surface area contributed by atoms with Crippen molar-refractivity contribution in [1.29, 1.82) is 0 Å². The summed E-state index contributed by atoms with van der Waals surface area (Å²) in [4.78, 5) is 24.5. The van der Waals surface area contributed by atoms with Gasteiger partial charge in [-0.3, -0.25) is 9.59 Å². The van der Waals surface area contributed by atoms with Gasteiger partial charge in [0.25, 0.3) is 5.91 Å². The van der Waals surface area contributed by atoms with Gasteiger partial charge in [0.15, 0.2) is 5.69 Å². The van der Waals surface area contributed by atoms with Crippen LogP contribution in [0.15, 0.2) is 24.3 Å². The number of carboxylic acids is 1. The lowest BCUT2D eigenvalue weighted by Crippen LogP contribution is -2.32. The van der Waals surface area contributed by atoms with E-state index in [1.54, 1.807) is 4.68 Å². The molecule has 0 saturated heterocycles. The van der Waals surface area contributed by atoms with Crippen LogP contribution in [0.1, 0.15) is 54.9 Å². The van der Waals surface area contributed by atoms with Crippen LogP contribution in [0, 0.1) is 0 Å². The number of likely N-dealkylation sites (N-methyl/N-ethyl adjacent to an activating group) is 1. The zero-order valence-corrected chi connectivity index (χ0v) is 15.1. The van der Waals surface area contributed by atoms with Crippen molar-refractivity contribution in [3.05, 3.63) is 41.2 Å². The SMILES string of the molecule is CCCc1c(C(=O)N(C)CC(=O)O)nnn1-c1cccc(C(C)C)c1. The van der Waals surface area contributed by atoms with Gasteiger partial charge < -0.3 is 10.0 Å². The van der Waals surface area contributed by atoms with Crippen LogP contribution in [0.4, 0.5) is 0 Å². The van der Waals surface area contributed by atoms with Crippen molar-refractivity contribution in [2.24, 2.45) is 0 Å². The van der Waals surface area contributed by atoms with Crippen molar-refractivity contribution in [2.45, 2.75) is 39.5 Å². The Kier molecular flexibility index (Phi) is 5.90. The van der Waals surface area contributed by atoms with Gasteiger partial charge in [-0.1, -0.05) is 44.5 Å². The van der Waals surface area contributed by atoms with E-state index in [0.717, 1.165) is 17.0 Å². The molecule has 0 radical (unpaired) electrons. The van der Waals surface area contributed by atoms with Gasteiger partial charge >= 0.3 is 5.97 Å². The van der Waals surface area contributed by atoms with E-state index in [2.05, 4.69) is 30.2 Å². The molecule has 0 aliphatic heterocycles. The third-order valence-corrected chi connectivity index (χ3v) is 3.95. The Balaban J connectivity index is 2.44. The Morgan fingerprint density at radius 1 is 1.32 bits per heavy atom. The molecule has 0 saturated carbocycles. The number of hydrogen-bond acceptors (Lipinski definition) is 4. The first-order valence-corrected chi connectivity index (χ1v) is 8.37. The van der Waals surface area contributed by atoms with Crippen LogP contribution in [0.3, 0.4) is 0 Å². The van der Waals surface area contributed by atoms with Gasteiger partial charge in [0, 0.05) is 7.05 Å². The number of benzene rings is 1. The molecule has 25 heavy (non-hydrogen) atoms. The fraction of sp³-hybridized carbons (Fsp3) is 0.444. The van der Waals surface area contributed by atoms with E-state index in [1.165, 1.54) is 12.6 Å². The van der Waals surface area contributed by atoms with Gasteiger partial charge in [0.05, 0.1) is 11.4 Å². The molecular formula is C18H24N4O3. The highest BCUT2D eigenvalue weighted by molar-refractivity contribution is 5.94. The van der Waals surface area contributed by atoms with E-state index in [4.69, 9.17) is 5.11 Å². The number of nitrogens with zero attached hydrogens (tertiary/aromatic N) is 4. The lowest BCUT2D eigenvalue weighted by Gasteiger charge is -2.14. The number of amides is 1. The fourth-order valence-corrected chi connectivity index (χ4v) is 2.61. The number of carbonyl (C=O) groups excluding carboxylic acids is 1. The molecule has 1 amide bonds. The predicted molar refractivity (Wildman–Crippen MR) is 94.0 cm³/mol. The molecule has 2 rings (SSSR count). The second-order valence-corrected chi connectivity index (χ2v) is 6.35. The summed E-state index contributed by atoms with van der Waals surface area (Å²) in [7, 11) is 1.45. The van der Waals surface area contributed by atoms with Gasteiger partial charge in [-0.25, -0.2) is 4.68 Å². The Bertz CT molecular complexity index is 767. The molecule has 1 heterocycles. The van der Waals surface area contributed by atoms with Crippen molar-refractivity contribution >= 4 is 11.9 Å². The zero-order chi connectivity index (χ0) is 18.6. The summed E-state index contributed by atoms with van der Waals surface area (Å²) in [6.07, 6.45) is 1.45. The lowest BCUT2D eigenvalue weighted by atomic mass is 10.0. The molecule has 0 aliphatic rings. The van der Waals surface area contributed by atoms with Crippen molar-refractivity contribution < 1.29 is 14.7 Å².